The Morgan fingerprint density at radius 3 is 2.59 bits per heavy atom. The van der Waals surface area contributed by atoms with Crippen molar-refractivity contribution < 1.29 is 9.59 Å². The van der Waals surface area contributed by atoms with Gasteiger partial charge >= 0.3 is 0 Å². The summed E-state index contributed by atoms with van der Waals surface area (Å²) in [5.41, 5.74) is 3.77. The average molecular weight is 403 g/mol. The van der Waals surface area contributed by atoms with Crippen LogP contribution in [0.1, 0.15) is 21.7 Å². The first-order chi connectivity index (χ1) is 14.0. The van der Waals surface area contributed by atoms with E-state index in [1.54, 1.807) is 36.3 Å². The number of hydrogen-bond donors (Lipinski definition) is 1. The lowest BCUT2D eigenvalue weighted by atomic mass is 10.1. The summed E-state index contributed by atoms with van der Waals surface area (Å²) in [7, 11) is 0. The lowest BCUT2D eigenvalue weighted by Gasteiger charge is -2.05. The van der Waals surface area contributed by atoms with E-state index in [2.05, 4.69) is 20.4 Å². The van der Waals surface area contributed by atoms with Gasteiger partial charge in [0.25, 0.3) is 11.7 Å². The minimum Gasteiger partial charge on any atom is -0.295 e. The van der Waals surface area contributed by atoms with Crippen molar-refractivity contribution in [3.05, 3.63) is 77.2 Å². The molecule has 0 spiro atoms. The van der Waals surface area contributed by atoms with Gasteiger partial charge in [-0.2, -0.15) is 5.10 Å². The summed E-state index contributed by atoms with van der Waals surface area (Å²) in [5.74, 6) is -1.38. The number of hydrogen-bond acceptors (Lipinski definition) is 6. The molecule has 0 atom stereocenters. The van der Waals surface area contributed by atoms with Gasteiger partial charge in [-0.3, -0.25) is 19.9 Å². The van der Waals surface area contributed by atoms with Crippen LogP contribution >= 0.6 is 11.3 Å². The summed E-state index contributed by atoms with van der Waals surface area (Å²) < 4.78 is 1.67. The third-order valence-electron chi connectivity index (χ3n) is 4.41. The van der Waals surface area contributed by atoms with E-state index in [0.717, 1.165) is 11.3 Å². The van der Waals surface area contributed by atoms with Gasteiger partial charge < -0.3 is 0 Å². The third-order valence-corrected chi connectivity index (χ3v) is 5.17. The van der Waals surface area contributed by atoms with Crippen molar-refractivity contribution in [1.29, 1.82) is 0 Å². The molecule has 144 valence electrons. The second-order valence-electron chi connectivity index (χ2n) is 6.36. The molecule has 0 radical (unpaired) electrons. The standard InChI is InChI=1S/C21H17N5O2S/c1-13-18(14(2)26(25-13)16-8-4-3-5-9-16)19(27)20(28)24-21-23-17(12-29-21)15-7-6-10-22-11-15/h3-12H,1-2H3,(H,23,24,28). The van der Waals surface area contributed by atoms with Gasteiger partial charge in [0.2, 0.25) is 0 Å². The van der Waals surface area contributed by atoms with E-state index >= 15 is 0 Å². The molecule has 4 aromatic rings. The number of nitrogens with one attached hydrogen (secondary N) is 1. The normalized spacial score (nSPS) is 10.7. The molecular formula is C21H17N5O2S. The van der Waals surface area contributed by atoms with Gasteiger partial charge in [-0.25, -0.2) is 9.67 Å². The molecule has 0 bridgehead atoms. The van der Waals surface area contributed by atoms with E-state index in [9.17, 15) is 9.59 Å². The SMILES string of the molecule is Cc1nn(-c2ccccc2)c(C)c1C(=O)C(=O)Nc1nc(-c2cccnc2)cs1. The number of Topliss-reactive ketones (excluding diaryl/α,β-unsaturated/α-hetero) is 1. The Kier molecular flexibility index (Phi) is 5.01. The number of amides is 1. The van der Waals surface area contributed by atoms with Gasteiger partial charge in [-0.05, 0) is 38.1 Å². The van der Waals surface area contributed by atoms with E-state index in [0.29, 0.717) is 27.8 Å². The number of nitrogens with zero attached hydrogens (tertiary/aromatic N) is 4. The molecule has 7 nitrogen and oxygen atoms in total. The van der Waals surface area contributed by atoms with Gasteiger partial charge in [0.05, 0.1) is 28.3 Å². The molecular weight excluding hydrogens is 386 g/mol. The zero-order valence-corrected chi connectivity index (χ0v) is 16.6. The van der Waals surface area contributed by atoms with Crippen LogP contribution in [0.2, 0.25) is 0 Å². The number of aromatic nitrogens is 4. The van der Waals surface area contributed by atoms with Crippen LogP contribution in [-0.2, 0) is 4.79 Å². The monoisotopic (exact) mass is 403 g/mol. The van der Waals surface area contributed by atoms with Crippen LogP contribution in [0, 0.1) is 13.8 Å². The van der Waals surface area contributed by atoms with Crippen molar-refractivity contribution in [2.45, 2.75) is 13.8 Å². The molecule has 1 aromatic carbocycles. The molecule has 4 rings (SSSR count). The number of carbonyl (C=O) groups is 2. The molecule has 29 heavy (non-hydrogen) atoms. The number of ketones is 1. The average Bonchev–Trinajstić information content (AvgIpc) is 3.33. The third kappa shape index (κ3) is 3.70. The first kappa shape index (κ1) is 18.7. The van der Waals surface area contributed by atoms with Gasteiger partial charge in [-0.1, -0.05) is 18.2 Å². The molecule has 3 aromatic heterocycles. The minimum absolute atomic E-state index is 0.301. The molecule has 8 heteroatoms. The largest absolute Gasteiger partial charge is 0.298 e. The molecule has 0 saturated heterocycles. The molecule has 1 amide bonds. The Labute approximate surface area is 171 Å². The second kappa shape index (κ2) is 7.76. The highest BCUT2D eigenvalue weighted by Crippen LogP contribution is 2.25. The van der Waals surface area contributed by atoms with E-state index in [-0.39, 0.29) is 0 Å². The van der Waals surface area contributed by atoms with Crippen molar-refractivity contribution in [2.24, 2.45) is 0 Å². The molecule has 0 aliphatic carbocycles. The molecule has 0 fully saturated rings. The van der Waals surface area contributed by atoms with Crippen molar-refractivity contribution in [3.63, 3.8) is 0 Å². The van der Waals surface area contributed by atoms with Gasteiger partial charge in [0.1, 0.15) is 0 Å². The number of carbonyl (C=O) groups excluding carboxylic acids is 2. The topological polar surface area (TPSA) is 89.8 Å². The predicted molar refractivity (Wildman–Crippen MR) is 111 cm³/mol. The fraction of sp³-hybridized carbons (Fsp3) is 0.0952. The molecule has 0 aliphatic rings. The number of aryl methyl sites for hydroxylation is 1. The Morgan fingerprint density at radius 2 is 1.86 bits per heavy atom. The molecule has 1 N–H and O–H groups in total. The number of rotatable bonds is 5. The number of thiazole rings is 1. The van der Waals surface area contributed by atoms with Crippen molar-refractivity contribution in [2.75, 3.05) is 5.32 Å². The van der Waals surface area contributed by atoms with Crippen LogP contribution in [0.5, 0.6) is 0 Å². The maximum Gasteiger partial charge on any atom is 0.298 e. The molecule has 0 unspecified atom stereocenters. The van der Waals surface area contributed by atoms with E-state index in [4.69, 9.17) is 0 Å². The Balaban J connectivity index is 1.56. The quantitative estimate of drug-likeness (QED) is 0.404. The maximum absolute atomic E-state index is 12.8. The van der Waals surface area contributed by atoms with Crippen LogP contribution in [0.25, 0.3) is 16.9 Å². The zero-order chi connectivity index (χ0) is 20.4. The Bertz CT molecular complexity index is 1180. The molecule has 0 saturated carbocycles. The van der Waals surface area contributed by atoms with Crippen molar-refractivity contribution in [3.8, 4) is 16.9 Å². The summed E-state index contributed by atoms with van der Waals surface area (Å²) >= 11 is 1.25. The van der Waals surface area contributed by atoms with Gasteiger partial charge in [0, 0.05) is 23.3 Å². The van der Waals surface area contributed by atoms with Crippen LogP contribution < -0.4 is 5.32 Å². The molecule has 0 aliphatic heterocycles. The summed E-state index contributed by atoms with van der Waals surface area (Å²) in [4.78, 5) is 33.8. The zero-order valence-electron chi connectivity index (χ0n) is 15.8. The highest BCUT2D eigenvalue weighted by Gasteiger charge is 2.25. The predicted octanol–water partition coefficient (Wildman–Crippen LogP) is 3.83. The second-order valence-corrected chi connectivity index (χ2v) is 7.21. The van der Waals surface area contributed by atoms with Gasteiger partial charge in [0.15, 0.2) is 5.13 Å². The lowest BCUT2D eigenvalue weighted by Crippen LogP contribution is -2.24. The van der Waals surface area contributed by atoms with E-state index in [1.165, 1.54) is 11.3 Å². The number of benzene rings is 1. The minimum atomic E-state index is -0.740. The number of pyridine rings is 1. The Morgan fingerprint density at radius 1 is 1.07 bits per heavy atom. The number of para-hydroxylation sites is 1. The summed E-state index contributed by atoms with van der Waals surface area (Å²) in [6.07, 6.45) is 3.37. The van der Waals surface area contributed by atoms with Gasteiger partial charge in [-0.15, -0.1) is 11.3 Å². The maximum atomic E-state index is 12.8. The highest BCUT2D eigenvalue weighted by atomic mass is 32.1. The Hall–Kier alpha value is -3.65. The lowest BCUT2D eigenvalue weighted by molar-refractivity contribution is -0.112. The smallest absolute Gasteiger partial charge is 0.295 e. The number of anilines is 1. The highest BCUT2D eigenvalue weighted by molar-refractivity contribution is 7.14. The van der Waals surface area contributed by atoms with Crippen LogP contribution in [-0.4, -0.2) is 31.4 Å². The van der Waals surface area contributed by atoms with Crippen LogP contribution in [0.15, 0.2) is 60.2 Å². The van der Waals surface area contributed by atoms with Crippen LogP contribution in [0.3, 0.4) is 0 Å². The van der Waals surface area contributed by atoms with E-state index in [1.807, 2.05) is 42.5 Å². The molecule has 3 heterocycles. The fourth-order valence-corrected chi connectivity index (χ4v) is 3.75. The summed E-state index contributed by atoms with van der Waals surface area (Å²) in [6, 6.07) is 13.2. The first-order valence-electron chi connectivity index (χ1n) is 8.88. The van der Waals surface area contributed by atoms with Crippen LogP contribution in [0.4, 0.5) is 5.13 Å². The van der Waals surface area contributed by atoms with E-state index < -0.39 is 11.7 Å². The first-order valence-corrected chi connectivity index (χ1v) is 9.76. The summed E-state index contributed by atoms with van der Waals surface area (Å²) in [6.45, 7) is 3.49. The fourth-order valence-electron chi connectivity index (χ4n) is 3.04. The summed E-state index contributed by atoms with van der Waals surface area (Å²) in [5, 5.41) is 9.19. The van der Waals surface area contributed by atoms with Crippen molar-refractivity contribution >= 4 is 28.2 Å². The van der Waals surface area contributed by atoms with Crippen molar-refractivity contribution in [1.82, 2.24) is 19.7 Å².